The fourth-order valence-corrected chi connectivity index (χ4v) is 2.79. The quantitative estimate of drug-likeness (QED) is 0.526. The van der Waals surface area contributed by atoms with Crippen LogP contribution in [0.2, 0.25) is 0 Å². The normalized spacial score (nSPS) is 13.4. The molecule has 0 amide bonds. The highest BCUT2D eigenvalue weighted by atomic mass is 19.1. The van der Waals surface area contributed by atoms with Gasteiger partial charge in [-0.3, -0.25) is 0 Å². The van der Waals surface area contributed by atoms with Gasteiger partial charge in [0.1, 0.15) is 17.7 Å². The molecule has 0 aliphatic heterocycles. The van der Waals surface area contributed by atoms with Gasteiger partial charge in [0.25, 0.3) is 0 Å². The second kappa shape index (κ2) is 8.91. The van der Waals surface area contributed by atoms with E-state index in [4.69, 9.17) is 10.1 Å². The van der Waals surface area contributed by atoms with Gasteiger partial charge in [0, 0.05) is 35.6 Å². The molecule has 0 radical (unpaired) electrons. The molecular formula is C23H30FN3O. The molecule has 28 heavy (non-hydrogen) atoms. The summed E-state index contributed by atoms with van der Waals surface area (Å²) >= 11 is 0. The van der Waals surface area contributed by atoms with E-state index in [1.807, 2.05) is 32.2 Å². The minimum Gasteiger partial charge on any atom is -0.484 e. The Bertz CT molecular complexity index is 825. The van der Waals surface area contributed by atoms with E-state index in [0.717, 1.165) is 22.5 Å². The summed E-state index contributed by atoms with van der Waals surface area (Å²) in [6, 6.07) is 11.8. The lowest BCUT2D eigenvalue weighted by Crippen LogP contribution is -2.37. The van der Waals surface area contributed by atoms with Crippen molar-refractivity contribution in [1.82, 2.24) is 5.32 Å². The number of ether oxygens (including phenoxy) is 1. The molecule has 0 saturated carbocycles. The Balaban J connectivity index is 2.34. The lowest BCUT2D eigenvalue weighted by Gasteiger charge is -2.32. The SMILES string of the molecule is C=C(NC(C)[C@H](Oc1ccc(NC)c(C=N)c1)c1ccc(F)cc1)C(C)(C)C. The Morgan fingerprint density at radius 1 is 1.18 bits per heavy atom. The average molecular weight is 384 g/mol. The Labute approximate surface area is 167 Å². The van der Waals surface area contributed by atoms with Crippen molar-refractivity contribution in [3.8, 4) is 5.75 Å². The third-order valence-corrected chi connectivity index (χ3v) is 4.67. The number of nitrogens with one attached hydrogen (secondary N) is 3. The van der Waals surface area contributed by atoms with Crippen molar-refractivity contribution >= 4 is 11.9 Å². The van der Waals surface area contributed by atoms with Crippen LogP contribution in [0.15, 0.2) is 54.7 Å². The zero-order valence-electron chi connectivity index (χ0n) is 17.3. The maximum Gasteiger partial charge on any atom is 0.143 e. The van der Waals surface area contributed by atoms with Gasteiger partial charge in [-0.05, 0) is 42.8 Å². The molecule has 150 valence electrons. The summed E-state index contributed by atoms with van der Waals surface area (Å²) in [5.74, 6) is 0.355. The number of anilines is 1. The number of rotatable bonds is 8. The van der Waals surface area contributed by atoms with Gasteiger partial charge in [-0.25, -0.2) is 4.39 Å². The highest BCUT2D eigenvalue weighted by Gasteiger charge is 2.25. The molecule has 0 bridgehead atoms. The van der Waals surface area contributed by atoms with Crippen LogP contribution < -0.4 is 15.4 Å². The van der Waals surface area contributed by atoms with Gasteiger partial charge in [0.15, 0.2) is 0 Å². The van der Waals surface area contributed by atoms with E-state index in [9.17, 15) is 4.39 Å². The van der Waals surface area contributed by atoms with E-state index in [2.05, 4.69) is 38.0 Å². The van der Waals surface area contributed by atoms with Gasteiger partial charge in [-0.1, -0.05) is 39.5 Å². The molecule has 0 spiro atoms. The van der Waals surface area contributed by atoms with Crippen LogP contribution in [-0.2, 0) is 0 Å². The molecular weight excluding hydrogens is 353 g/mol. The molecule has 0 heterocycles. The van der Waals surface area contributed by atoms with Crippen molar-refractivity contribution in [3.05, 3.63) is 71.7 Å². The molecule has 5 heteroatoms. The van der Waals surface area contributed by atoms with E-state index in [1.54, 1.807) is 12.1 Å². The molecule has 3 N–H and O–H groups in total. The third-order valence-electron chi connectivity index (χ3n) is 4.67. The minimum absolute atomic E-state index is 0.0939. The van der Waals surface area contributed by atoms with Crippen LogP contribution in [0.25, 0.3) is 0 Å². The summed E-state index contributed by atoms with van der Waals surface area (Å²) in [5.41, 5.74) is 3.26. The Kier molecular flexibility index (Phi) is 6.84. The van der Waals surface area contributed by atoms with Crippen molar-refractivity contribution in [1.29, 1.82) is 5.41 Å². The molecule has 0 aromatic heterocycles. The summed E-state index contributed by atoms with van der Waals surface area (Å²) in [6.45, 7) is 12.4. The largest absolute Gasteiger partial charge is 0.484 e. The number of allylic oxidation sites excluding steroid dienone is 1. The molecule has 0 saturated heterocycles. The Hall–Kier alpha value is -2.82. The van der Waals surface area contributed by atoms with Gasteiger partial charge in [-0.2, -0.15) is 0 Å². The highest BCUT2D eigenvalue weighted by Crippen LogP contribution is 2.30. The first-order valence-electron chi connectivity index (χ1n) is 9.36. The average Bonchev–Trinajstić information content (AvgIpc) is 2.65. The van der Waals surface area contributed by atoms with Gasteiger partial charge < -0.3 is 20.8 Å². The van der Waals surface area contributed by atoms with Crippen LogP contribution in [0, 0.1) is 16.6 Å². The Morgan fingerprint density at radius 3 is 2.36 bits per heavy atom. The van der Waals surface area contributed by atoms with Crippen molar-refractivity contribution in [3.63, 3.8) is 0 Å². The molecule has 2 rings (SSSR count). The molecule has 0 aliphatic rings. The summed E-state index contributed by atoms with van der Waals surface area (Å²) in [6.07, 6.45) is 0.924. The highest BCUT2D eigenvalue weighted by molar-refractivity contribution is 5.86. The van der Waals surface area contributed by atoms with Crippen molar-refractivity contribution < 1.29 is 9.13 Å². The predicted octanol–water partition coefficient (Wildman–Crippen LogP) is 5.52. The van der Waals surface area contributed by atoms with Crippen LogP contribution in [0.5, 0.6) is 5.75 Å². The molecule has 2 aromatic carbocycles. The third kappa shape index (κ3) is 5.35. The van der Waals surface area contributed by atoms with Crippen LogP contribution in [-0.4, -0.2) is 19.3 Å². The molecule has 0 aliphatic carbocycles. The maximum atomic E-state index is 13.4. The topological polar surface area (TPSA) is 57.1 Å². The number of benzene rings is 2. The minimum atomic E-state index is -0.362. The van der Waals surface area contributed by atoms with Crippen LogP contribution in [0.4, 0.5) is 10.1 Å². The van der Waals surface area contributed by atoms with E-state index < -0.39 is 0 Å². The number of hydrogen-bond acceptors (Lipinski definition) is 4. The van der Waals surface area contributed by atoms with E-state index in [1.165, 1.54) is 18.3 Å². The van der Waals surface area contributed by atoms with Crippen molar-refractivity contribution in [2.75, 3.05) is 12.4 Å². The molecule has 4 nitrogen and oxygen atoms in total. The lowest BCUT2D eigenvalue weighted by atomic mass is 9.91. The number of halogens is 1. The first-order chi connectivity index (χ1) is 13.2. The molecule has 0 fully saturated rings. The van der Waals surface area contributed by atoms with Gasteiger partial charge >= 0.3 is 0 Å². The monoisotopic (exact) mass is 383 g/mol. The zero-order valence-corrected chi connectivity index (χ0v) is 17.3. The second-order valence-corrected chi connectivity index (χ2v) is 7.89. The first kappa shape index (κ1) is 21.5. The zero-order chi connectivity index (χ0) is 20.9. The van der Waals surface area contributed by atoms with Gasteiger partial charge in [-0.15, -0.1) is 0 Å². The lowest BCUT2D eigenvalue weighted by molar-refractivity contribution is 0.163. The maximum absolute atomic E-state index is 13.4. The summed E-state index contributed by atoms with van der Waals surface area (Å²) in [5, 5.41) is 14.1. The van der Waals surface area contributed by atoms with E-state index in [-0.39, 0.29) is 23.4 Å². The standard InChI is InChI=1S/C23H30FN3O/c1-15(27-16(2)23(3,4)5)22(17-7-9-19(24)10-8-17)28-20-11-12-21(26-6)18(13-20)14-25/h7-15,22,25-27H,2H2,1,3-6H3/t15?,22-/m0/s1. The van der Waals surface area contributed by atoms with Crippen LogP contribution in [0.1, 0.15) is 44.9 Å². The fraction of sp³-hybridized carbons (Fsp3) is 0.348. The Morgan fingerprint density at radius 2 is 1.82 bits per heavy atom. The smallest absolute Gasteiger partial charge is 0.143 e. The van der Waals surface area contributed by atoms with Gasteiger partial charge in [0.05, 0.1) is 6.04 Å². The first-order valence-corrected chi connectivity index (χ1v) is 9.36. The summed E-state index contributed by atoms with van der Waals surface area (Å²) < 4.78 is 19.7. The van der Waals surface area contributed by atoms with E-state index >= 15 is 0 Å². The van der Waals surface area contributed by atoms with Crippen LogP contribution in [0.3, 0.4) is 0 Å². The number of hydrogen-bond donors (Lipinski definition) is 3. The van der Waals surface area contributed by atoms with Crippen LogP contribution >= 0.6 is 0 Å². The molecule has 2 atom stereocenters. The molecule has 2 aromatic rings. The summed E-state index contributed by atoms with van der Waals surface area (Å²) in [4.78, 5) is 0. The summed E-state index contributed by atoms with van der Waals surface area (Å²) in [7, 11) is 1.81. The van der Waals surface area contributed by atoms with Crippen molar-refractivity contribution in [2.45, 2.75) is 39.8 Å². The van der Waals surface area contributed by atoms with Gasteiger partial charge in [0.2, 0.25) is 0 Å². The molecule has 1 unspecified atom stereocenters. The van der Waals surface area contributed by atoms with Crippen molar-refractivity contribution in [2.24, 2.45) is 5.41 Å². The fourth-order valence-electron chi connectivity index (χ4n) is 2.79. The predicted molar refractivity (Wildman–Crippen MR) is 115 cm³/mol. The second-order valence-electron chi connectivity index (χ2n) is 7.89. The van der Waals surface area contributed by atoms with E-state index in [0.29, 0.717) is 5.75 Å².